The summed E-state index contributed by atoms with van der Waals surface area (Å²) in [5, 5.41) is 3.27. The van der Waals surface area contributed by atoms with E-state index in [0.717, 1.165) is 25.7 Å². The summed E-state index contributed by atoms with van der Waals surface area (Å²) >= 11 is 0. The van der Waals surface area contributed by atoms with Crippen LogP contribution >= 0.6 is 12.4 Å². The minimum Gasteiger partial charge on any atom is -0.364 e. The molecule has 2 unspecified atom stereocenters. The van der Waals surface area contributed by atoms with Crippen molar-refractivity contribution in [1.82, 2.24) is 5.32 Å². The summed E-state index contributed by atoms with van der Waals surface area (Å²) in [7, 11) is 0. The predicted octanol–water partition coefficient (Wildman–Crippen LogP) is 2.83. The second-order valence-corrected chi connectivity index (χ2v) is 6.91. The third-order valence-corrected chi connectivity index (χ3v) is 5.24. The van der Waals surface area contributed by atoms with Gasteiger partial charge >= 0.3 is 0 Å². The van der Waals surface area contributed by atoms with E-state index in [1.54, 1.807) is 0 Å². The molecule has 2 fully saturated rings. The molecular weight excluding hydrogens is 324 g/mol. The van der Waals surface area contributed by atoms with Crippen LogP contribution in [-0.2, 0) is 16.0 Å². The van der Waals surface area contributed by atoms with Crippen LogP contribution in [0.5, 0.6) is 0 Å². The van der Waals surface area contributed by atoms with Crippen LogP contribution in [0, 0.1) is 5.92 Å². The molecular formula is C19H29ClN2O2. The quantitative estimate of drug-likeness (QED) is 0.856. The van der Waals surface area contributed by atoms with E-state index < -0.39 is 0 Å². The van der Waals surface area contributed by atoms with Gasteiger partial charge < -0.3 is 15.8 Å². The van der Waals surface area contributed by atoms with E-state index in [1.807, 2.05) is 0 Å². The van der Waals surface area contributed by atoms with Gasteiger partial charge in [0, 0.05) is 12.6 Å². The van der Waals surface area contributed by atoms with E-state index >= 15 is 0 Å². The summed E-state index contributed by atoms with van der Waals surface area (Å²) in [5.41, 5.74) is 6.99. The topological polar surface area (TPSA) is 64.4 Å². The minimum absolute atomic E-state index is 0. The van der Waals surface area contributed by atoms with Crippen molar-refractivity contribution in [3.05, 3.63) is 35.9 Å². The molecule has 134 valence electrons. The lowest BCUT2D eigenvalue weighted by molar-refractivity contribution is -0.133. The zero-order valence-electron chi connectivity index (χ0n) is 14.2. The van der Waals surface area contributed by atoms with Gasteiger partial charge in [0.1, 0.15) is 6.10 Å². The SMILES string of the molecule is Cl.NC[C@H]1CC[C@@H](C(=O)NC2CCCCC2Cc2ccccc2)O1. The van der Waals surface area contributed by atoms with Crippen LogP contribution in [0.15, 0.2) is 30.3 Å². The van der Waals surface area contributed by atoms with Gasteiger partial charge in [0.25, 0.3) is 0 Å². The molecule has 0 radical (unpaired) electrons. The Morgan fingerprint density at radius 3 is 2.58 bits per heavy atom. The van der Waals surface area contributed by atoms with Crippen LogP contribution in [0.25, 0.3) is 0 Å². The van der Waals surface area contributed by atoms with Crippen molar-refractivity contribution in [2.24, 2.45) is 11.7 Å². The zero-order chi connectivity index (χ0) is 16.1. The lowest BCUT2D eigenvalue weighted by Crippen LogP contribution is -2.47. The summed E-state index contributed by atoms with van der Waals surface area (Å²) in [5.74, 6) is 0.590. The number of nitrogens with two attached hydrogens (primary N) is 1. The summed E-state index contributed by atoms with van der Waals surface area (Å²) in [6, 6.07) is 10.9. The smallest absolute Gasteiger partial charge is 0.249 e. The fourth-order valence-electron chi connectivity index (χ4n) is 3.91. The monoisotopic (exact) mass is 352 g/mol. The number of carbonyl (C=O) groups is 1. The van der Waals surface area contributed by atoms with Crippen molar-refractivity contribution in [3.63, 3.8) is 0 Å². The highest BCUT2D eigenvalue weighted by Gasteiger charge is 2.33. The molecule has 1 aromatic carbocycles. The van der Waals surface area contributed by atoms with Gasteiger partial charge in [-0.3, -0.25) is 4.79 Å². The Balaban J connectivity index is 0.00000208. The van der Waals surface area contributed by atoms with Crippen molar-refractivity contribution >= 4 is 18.3 Å². The zero-order valence-corrected chi connectivity index (χ0v) is 15.0. The molecule has 1 saturated carbocycles. The van der Waals surface area contributed by atoms with Crippen LogP contribution in [0.3, 0.4) is 0 Å². The number of carbonyl (C=O) groups excluding carboxylic acids is 1. The molecule has 1 aliphatic heterocycles. The molecule has 3 N–H and O–H groups in total. The highest BCUT2D eigenvalue weighted by Crippen LogP contribution is 2.28. The lowest BCUT2D eigenvalue weighted by Gasteiger charge is -2.33. The molecule has 1 heterocycles. The fourth-order valence-corrected chi connectivity index (χ4v) is 3.91. The number of halogens is 1. The van der Waals surface area contributed by atoms with Gasteiger partial charge in [-0.2, -0.15) is 0 Å². The summed E-state index contributed by atoms with van der Waals surface area (Å²) in [6.45, 7) is 0.504. The number of hydrogen-bond donors (Lipinski definition) is 2. The molecule has 0 spiro atoms. The van der Waals surface area contributed by atoms with E-state index in [-0.39, 0.29) is 36.6 Å². The Morgan fingerprint density at radius 1 is 1.12 bits per heavy atom. The third-order valence-electron chi connectivity index (χ3n) is 5.24. The molecule has 4 nitrogen and oxygen atoms in total. The maximum atomic E-state index is 12.5. The molecule has 24 heavy (non-hydrogen) atoms. The fraction of sp³-hybridized carbons (Fsp3) is 0.632. The van der Waals surface area contributed by atoms with Crippen LogP contribution in [-0.4, -0.2) is 30.7 Å². The standard InChI is InChI=1S/C19H28N2O2.ClH/c20-13-16-10-11-18(23-16)19(22)21-17-9-5-4-8-15(17)12-14-6-2-1-3-7-14;/h1-3,6-7,15-18H,4-5,8-13,20H2,(H,21,22);1H/t15?,16-,17?,18+;/m1./s1. The molecule has 1 saturated heterocycles. The highest BCUT2D eigenvalue weighted by atomic mass is 35.5. The average molecular weight is 353 g/mol. The average Bonchev–Trinajstić information content (AvgIpc) is 3.07. The molecule has 4 atom stereocenters. The largest absolute Gasteiger partial charge is 0.364 e. The van der Waals surface area contributed by atoms with E-state index in [4.69, 9.17) is 10.5 Å². The van der Waals surface area contributed by atoms with Gasteiger partial charge in [-0.25, -0.2) is 0 Å². The summed E-state index contributed by atoms with van der Waals surface area (Å²) in [6.07, 6.45) is 7.22. The van der Waals surface area contributed by atoms with Crippen LogP contribution < -0.4 is 11.1 Å². The molecule has 0 bridgehead atoms. The Hall–Kier alpha value is -1.10. The van der Waals surface area contributed by atoms with Crippen LogP contribution in [0.4, 0.5) is 0 Å². The predicted molar refractivity (Wildman–Crippen MR) is 98.2 cm³/mol. The Morgan fingerprint density at radius 2 is 1.88 bits per heavy atom. The molecule has 1 aliphatic carbocycles. The van der Waals surface area contributed by atoms with Gasteiger partial charge in [0.15, 0.2) is 0 Å². The van der Waals surface area contributed by atoms with Crippen molar-refractivity contribution in [2.45, 2.75) is 63.2 Å². The van der Waals surface area contributed by atoms with Crippen molar-refractivity contribution < 1.29 is 9.53 Å². The molecule has 3 rings (SSSR count). The molecule has 1 aromatic rings. The molecule has 5 heteroatoms. The Labute approximate surface area is 150 Å². The van der Waals surface area contributed by atoms with Crippen LogP contribution in [0.1, 0.15) is 44.1 Å². The normalized spacial score (nSPS) is 29.7. The van der Waals surface area contributed by atoms with Gasteiger partial charge in [0.05, 0.1) is 6.10 Å². The maximum absolute atomic E-state index is 12.5. The summed E-state index contributed by atoms with van der Waals surface area (Å²) < 4.78 is 5.73. The first-order chi connectivity index (χ1) is 11.3. The molecule has 1 amide bonds. The van der Waals surface area contributed by atoms with Crippen molar-refractivity contribution in [3.8, 4) is 0 Å². The number of nitrogens with one attached hydrogen (secondary N) is 1. The number of amides is 1. The first-order valence-electron chi connectivity index (χ1n) is 8.96. The lowest BCUT2D eigenvalue weighted by atomic mass is 9.80. The van der Waals surface area contributed by atoms with Crippen molar-refractivity contribution in [2.75, 3.05) is 6.54 Å². The number of hydrogen-bond acceptors (Lipinski definition) is 3. The molecule has 2 aliphatic rings. The van der Waals surface area contributed by atoms with Gasteiger partial charge in [-0.15, -0.1) is 12.4 Å². The highest BCUT2D eigenvalue weighted by molar-refractivity contribution is 5.85. The molecule has 0 aromatic heterocycles. The summed E-state index contributed by atoms with van der Waals surface area (Å²) in [4.78, 5) is 12.5. The Kier molecular flexibility index (Phi) is 7.53. The second-order valence-electron chi connectivity index (χ2n) is 6.91. The van der Waals surface area contributed by atoms with E-state index in [1.165, 1.54) is 24.8 Å². The second kappa shape index (κ2) is 9.40. The number of rotatable bonds is 5. The van der Waals surface area contributed by atoms with E-state index in [9.17, 15) is 4.79 Å². The number of benzene rings is 1. The van der Waals surface area contributed by atoms with E-state index in [0.29, 0.717) is 12.5 Å². The number of ether oxygens (including phenoxy) is 1. The van der Waals surface area contributed by atoms with Crippen LogP contribution in [0.2, 0.25) is 0 Å². The Bertz CT molecular complexity index is 511. The van der Waals surface area contributed by atoms with Gasteiger partial charge in [0.2, 0.25) is 5.91 Å². The van der Waals surface area contributed by atoms with Gasteiger partial charge in [-0.1, -0.05) is 43.2 Å². The maximum Gasteiger partial charge on any atom is 0.249 e. The first kappa shape index (κ1) is 19.2. The van der Waals surface area contributed by atoms with E-state index in [2.05, 4.69) is 35.6 Å². The van der Waals surface area contributed by atoms with Gasteiger partial charge in [-0.05, 0) is 43.6 Å². The minimum atomic E-state index is -0.303. The van der Waals surface area contributed by atoms with Crippen molar-refractivity contribution in [1.29, 1.82) is 0 Å². The first-order valence-corrected chi connectivity index (χ1v) is 8.96. The third kappa shape index (κ3) is 4.95.